The summed E-state index contributed by atoms with van der Waals surface area (Å²) in [6.45, 7) is 0. The number of ether oxygens (including phenoxy) is 1. The van der Waals surface area contributed by atoms with Crippen molar-refractivity contribution in [1.29, 1.82) is 0 Å². The molecule has 0 aromatic heterocycles. The van der Waals surface area contributed by atoms with Crippen LogP contribution in [0.2, 0.25) is 10.0 Å². The van der Waals surface area contributed by atoms with Crippen LogP contribution in [0.25, 0.3) is 0 Å². The number of amides is 1. The van der Waals surface area contributed by atoms with Gasteiger partial charge in [-0.05, 0) is 24.3 Å². The first-order chi connectivity index (χ1) is 9.99. The van der Waals surface area contributed by atoms with Gasteiger partial charge >= 0.3 is 0 Å². The maximum atomic E-state index is 13.9. The van der Waals surface area contributed by atoms with Crippen molar-refractivity contribution in [3.63, 3.8) is 0 Å². The van der Waals surface area contributed by atoms with E-state index in [2.05, 4.69) is 5.32 Å². The van der Waals surface area contributed by atoms with Crippen molar-refractivity contribution >= 4 is 46.4 Å². The monoisotopic (exact) mass is 347 g/mol. The van der Waals surface area contributed by atoms with Crippen LogP contribution in [0, 0.1) is 5.82 Å². The van der Waals surface area contributed by atoms with Crippen LogP contribution in [-0.2, 0) is 4.79 Å². The predicted octanol–water partition coefficient (Wildman–Crippen LogP) is 5.10. The van der Waals surface area contributed by atoms with Gasteiger partial charge in [0.05, 0.1) is 10.0 Å². The lowest BCUT2D eigenvalue weighted by atomic mass is 10.2. The van der Waals surface area contributed by atoms with E-state index in [1.807, 2.05) is 0 Å². The topological polar surface area (TPSA) is 38.3 Å². The summed E-state index contributed by atoms with van der Waals surface area (Å²) in [7, 11) is 0. The van der Waals surface area contributed by atoms with Gasteiger partial charge in [-0.25, -0.2) is 4.39 Å². The summed E-state index contributed by atoms with van der Waals surface area (Å²) >= 11 is 17.0. The van der Waals surface area contributed by atoms with Crippen molar-refractivity contribution < 1.29 is 13.9 Å². The fraction of sp³-hybridized carbons (Fsp3) is 0.0714. The fourth-order valence-corrected chi connectivity index (χ4v) is 1.88. The molecule has 7 heteroatoms. The molecule has 0 bridgehead atoms. The zero-order valence-electron chi connectivity index (χ0n) is 10.5. The maximum Gasteiger partial charge on any atom is 0.239 e. The molecule has 0 unspecified atom stereocenters. The maximum absolute atomic E-state index is 13.9. The third kappa shape index (κ3) is 4.24. The van der Waals surface area contributed by atoms with Crippen molar-refractivity contribution in [2.24, 2.45) is 0 Å². The molecule has 110 valence electrons. The zero-order valence-corrected chi connectivity index (χ0v) is 12.8. The number of benzene rings is 2. The highest BCUT2D eigenvalue weighted by Crippen LogP contribution is 2.31. The van der Waals surface area contributed by atoms with E-state index in [-0.39, 0.29) is 11.6 Å². The van der Waals surface area contributed by atoms with Gasteiger partial charge in [-0.15, -0.1) is 11.6 Å². The molecule has 0 aliphatic rings. The van der Waals surface area contributed by atoms with Crippen LogP contribution < -0.4 is 10.1 Å². The fourth-order valence-electron chi connectivity index (χ4n) is 1.52. The minimum absolute atomic E-state index is 0.00254. The van der Waals surface area contributed by atoms with E-state index in [0.29, 0.717) is 21.5 Å². The number of anilines is 1. The molecule has 0 radical (unpaired) electrons. The van der Waals surface area contributed by atoms with Gasteiger partial charge < -0.3 is 10.1 Å². The van der Waals surface area contributed by atoms with E-state index in [1.165, 1.54) is 18.2 Å². The first-order valence-electron chi connectivity index (χ1n) is 5.78. The van der Waals surface area contributed by atoms with Gasteiger partial charge in [0.25, 0.3) is 0 Å². The molecule has 0 saturated carbocycles. The van der Waals surface area contributed by atoms with Crippen molar-refractivity contribution in [2.75, 3.05) is 11.2 Å². The molecular weight excluding hydrogens is 340 g/mol. The molecule has 1 amide bonds. The van der Waals surface area contributed by atoms with Gasteiger partial charge in [-0.1, -0.05) is 23.2 Å². The van der Waals surface area contributed by atoms with Crippen molar-refractivity contribution in [2.45, 2.75) is 0 Å². The average molecular weight is 349 g/mol. The van der Waals surface area contributed by atoms with Crippen molar-refractivity contribution in [3.8, 4) is 11.5 Å². The summed E-state index contributed by atoms with van der Waals surface area (Å²) in [4.78, 5) is 11.1. The molecule has 0 fully saturated rings. The third-order valence-corrected chi connectivity index (χ3v) is 3.44. The average Bonchev–Trinajstić information content (AvgIpc) is 2.45. The molecule has 0 aliphatic carbocycles. The number of halogens is 4. The summed E-state index contributed by atoms with van der Waals surface area (Å²) in [6, 6.07) is 8.62. The molecular formula is C14H9Cl3FNO2. The van der Waals surface area contributed by atoms with E-state index in [9.17, 15) is 9.18 Å². The summed E-state index contributed by atoms with van der Waals surface area (Å²) in [5.74, 6) is -0.913. The van der Waals surface area contributed by atoms with Crippen LogP contribution in [0.3, 0.4) is 0 Å². The summed E-state index contributed by atoms with van der Waals surface area (Å²) < 4.78 is 19.3. The molecule has 0 spiro atoms. The van der Waals surface area contributed by atoms with Gasteiger partial charge in [0.1, 0.15) is 11.6 Å². The summed E-state index contributed by atoms with van der Waals surface area (Å²) in [6.07, 6.45) is 0. The smallest absolute Gasteiger partial charge is 0.239 e. The molecule has 0 saturated heterocycles. The largest absolute Gasteiger partial charge is 0.454 e. The van der Waals surface area contributed by atoms with Gasteiger partial charge in [-0.2, -0.15) is 0 Å². The Bertz CT molecular complexity index is 679. The molecule has 2 rings (SSSR count). The Balaban J connectivity index is 2.17. The van der Waals surface area contributed by atoms with E-state index in [4.69, 9.17) is 39.5 Å². The normalized spacial score (nSPS) is 10.3. The summed E-state index contributed by atoms with van der Waals surface area (Å²) in [5, 5.41) is 3.12. The van der Waals surface area contributed by atoms with E-state index in [1.54, 1.807) is 12.1 Å². The lowest BCUT2D eigenvalue weighted by molar-refractivity contribution is -0.113. The number of rotatable bonds is 4. The predicted molar refractivity (Wildman–Crippen MR) is 82.3 cm³/mol. The Morgan fingerprint density at radius 3 is 2.52 bits per heavy atom. The Kier molecular flexibility index (Phi) is 5.28. The molecule has 21 heavy (non-hydrogen) atoms. The van der Waals surface area contributed by atoms with Gasteiger partial charge in [0.15, 0.2) is 11.6 Å². The van der Waals surface area contributed by atoms with Crippen molar-refractivity contribution in [3.05, 3.63) is 52.3 Å². The number of hydrogen-bond acceptors (Lipinski definition) is 2. The second kappa shape index (κ2) is 6.98. The number of carbonyl (C=O) groups is 1. The lowest BCUT2D eigenvalue weighted by Crippen LogP contribution is -2.12. The highest BCUT2D eigenvalue weighted by molar-refractivity contribution is 6.42. The molecule has 0 heterocycles. The van der Waals surface area contributed by atoms with Crippen LogP contribution in [0.15, 0.2) is 36.4 Å². The van der Waals surface area contributed by atoms with Crippen LogP contribution in [0.1, 0.15) is 0 Å². The summed E-state index contributed by atoms with van der Waals surface area (Å²) in [5.41, 5.74) is 0.291. The minimum atomic E-state index is -0.631. The van der Waals surface area contributed by atoms with Crippen LogP contribution in [0.5, 0.6) is 11.5 Å². The second-order valence-corrected chi connectivity index (χ2v) is 5.09. The zero-order chi connectivity index (χ0) is 15.4. The van der Waals surface area contributed by atoms with Crippen LogP contribution >= 0.6 is 34.8 Å². The third-order valence-electron chi connectivity index (χ3n) is 2.46. The molecule has 1 N–H and O–H groups in total. The highest BCUT2D eigenvalue weighted by Gasteiger charge is 2.09. The van der Waals surface area contributed by atoms with Gasteiger partial charge in [0, 0.05) is 17.8 Å². The SMILES string of the molecule is O=C(CCl)Nc1ccc(Oc2ccc(Cl)c(Cl)c2)c(F)c1. The van der Waals surface area contributed by atoms with Gasteiger partial charge in [-0.3, -0.25) is 4.79 Å². The molecule has 3 nitrogen and oxygen atoms in total. The molecule has 2 aromatic carbocycles. The van der Waals surface area contributed by atoms with Gasteiger partial charge in [0.2, 0.25) is 5.91 Å². The first kappa shape index (κ1) is 15.9. The number of hydrogen-bond donors (Lipinski definition) is 1. The Hall–Kier alpha value is -1.49. The number of nitrogens with one attached hydrogen (secondary N) is 1. The van der Waals surface area contributed by atoms with Crippen molar-refractivity contribution in [1.82, 2.24) is 0 Å². The highest BCUT2D eigenvalue weighted by atomic mass is 35.5. The van der Waals surface area contributed by atoms with Crippen LogP contribution in [-0.4, -0.2) is 11.8 Å². The standard InChI is InChI=1S/C14H9Cl3FNO2/c15-7-14(20)19-8-1-4-13(12(18)5-8)21-9-2-3-10(16)11(17)6-9/h1-6H,7H2,(H,19,20). The molecule has 2 aromatic rings. The Morgan fingerprint density at radius 2 is 1.90 bits per heavy atom. The Labute approximate surface area is 135 Å². The van der Waals surface area contributed by atoms with Crippen LogP contribution in [0.4, 0.5) is 10.1 Å². The Morgan fingerprint density at radius 1 is 1.14 bits per heavy atom. The quantitative estimate of drug-likeness (QED) is 0.780. The number of carbonyl (C=O) groups excluding carboxylic acids is 1. The lowest BCUT2D eigenvalue weighted by Gasteiger charge is -2.09. The van der Waals surface area contributed by atoms with E-state index >= 15 is 0 Å². The van der Waals surface area contributed by atoms with E-state index in [0.717, 1.165) is 6.07 Å². The first-order valence-corrected chi connectivity index (χ1v) is 7.07. The number of alkyl halides is 1. The van der Waals surface area contributed by atoms with E-state index < -0.39 is 11.7 Å². The molecule has 0 aliphatic heterocycles. The minimum Gasteiger partial charge on any atom is -0.454 e. The second-order valence-electron chi connectivity index (χ2n) is 4.00. The molecule has 0 atom stereocenters.